The van der Waals surface area contributed by atoms with Crippen LogP contribution in [-0.2, 0) is 4.79 Å². The maximum Gasteiger partial charge on any atom is 0.150 e. The summed E-state index contributed by atoms with van der Waals surface area (Å²) in [6.07, 6.45) is 0.782. The van der Waals surface area contributed by atoms with Crippen LogP contribution in [0.4, 0.5) is 0 Å². The summed E-state index contributed by atoms with van der Waals surface area (Å²) in [7, 11) is 0. The van der Waals surface area contributed by atoms with Gasteiger partial charge in [0.05, 0.1) is 0 Å². The predicted molar refractivity (Wildman–Crippen MR) is 59.0 cm³/mol. The largest absolute Gasteiger partial charge is 0.298 e. The Balaban J connectivity index is 2.62. The fourth-order valence-corrected chi connectivity index (χ4v) is 1.46. The molecule has 0 aliphatic carbocycles. The number of aldehydes is 1. The van der Waals surface area contributed by atoms with Gasteiger partial charge in [0.1, 0.15) is 6.29 Å². The number of hydrogen-bond acceptors (Lipinski definition) is 1. The summed E-state index contributed by atoms with van der Waals surface area (Å²) in [6.45, 7) is 3.68. The molecule has 0 atom stereocenters. The van der Waals surface area contributed by atoms with Gasteiger partial charge in [-0.25, -0.2) is 0 Å². The molecule has 0 spiro atoms. The van der Waals surface area contributed by atoms with Crippen LogP contribution in [0.15, 0.2) is 49.0 Å². The highest BCUT2D eigenvalue weighted by atomic mass is 16.1. The van der Waals surface area contributed by atoms with Gasteiger partial charge in [-0.2, -0.15) is 0 Å². The second-order valence-electron chi connectivity index (χ2n) is 3.21. The van der Waals surface area contributed by atoms with E-state index in [4.69, 9.17) is 0 Å². The van der Waals surface area contributed by atoms with Crippen molar-refractivity contribution in [1.29, 1.82) is 0 Å². The molecule has 0 unspecified atom stereocenters. The molecule has 0 aliphatic rings. The molecule has 0 amide bonds. The van der Waals surface area contributed by atoms with Crippen LogP contribution in [0.2, 0.25) is 0 Å². The molecule has 0 radical (unpaired) electrons. The third-order valence-corrected chi connectivity index (χ3v) is 2.26. The Kier molecular flexibility index (Phi) is 2.15. The predicted octanol–water partition coefficient (Wildman–Crippen LogP) is 3.05. The lowest BCUT2D eigenvalue weighted by Gasteiger charge is -2.01. The molecular weight excluding hydrogens is 172 g/mol. The average molecular weight is 182 g/mol. The molecule has 14 heavy (non-hydrogen) atoms. The molecule has 2 aromatic carbocycles. The molecule has 0 fully saturated rings. The minimum atomic E-state index is 0.524. The molecule has 2 aromatic rings. The molecule has 68 valence electrons. The highest BCUT2D eigenvalue weighted by molar-refractivity contribution is 6.07. The van der Waals surface area contributed by atoms with Crippen molar-refractivity contribution in [3.05, 3.63) is 54.6 Å². The van der Waals surface area contributed by atoms with Gasteiger partial charge in [0.2, 0.25) is 0 Å². The Morgan fingerprint density at radius 2 is 1.79 bits per heavy atom. The first-order chi connectivity index (χ1) is 6.81. The van der Waals surface area contributed by atoms with Crippen LogP contribution >= 0.6 is 0 Å². The molecule has 0 aromatic heterocycles. The van der Waals surface area contributed by atoms with Gasteiger partial charge >= 0.3 is 0 Å². The number of allylic oxidation sites excluding steroid dienone is 1. The highest BCUT2D eigenvalue weighted by Gasteiger charge is 1.98. The first-order valence-corrected chi connectivity index (χ1v) is 4.44. The minimum Gasteiger partial charge on any atom is -0.298 e. The Morgan fingerprint density at radius 3 is 2.50 bits per heavy atom. The summed E-state index contributed by atoms with van der Waals surface area (Å²) in [5.74, 6) is 0. The summed E-state index contributed by atoms with van der Waals surface area (Å²) in [5.41, 5.74) is 1.41. The zero-order valence-corrected chi connectivity index (χ0v) is 7.73. The lowest BCUT2D eigenvalue weighted by atomic mass is 10.0. The summed E-state index contributed by atoms with van der Waals surface area (Å²) in [4.78, 5) is 10.5. The third-order valence-electron chi connectivity index (χ3n) is 2.26. The Labute approximate surface area is 82.7 Å². The van der Waals surface area contributed by atoms with Gasteiger partial charge in [-0.05, 0) is 22.4 Å². The van der Waals surface area contributed by atoms with Crippen LogP contribution in [0, 0.1) is 0 Å². The number of rotatable bonds is 2. The lowest BCUT2D eigenvalue weighted by molar-refractivity contribution is -0.103. The Hall–Kier alpha value is -1.89. The number of benzene rings is 2. The smallest absolute Gasteiger partial charge is 0.150 e. The Morgan fingerprint density at radius 1 is 1.07 bits per heavy atom. The molecule has 2 rings (SSSR count). The van der Waals surface area contributed by atoms with Crippen LogP contribution in [0.1, 0.15) is 5.56 Å². The van der Waals surface area contributed by atoms with Crippen LogP contribution in [0.3, 0.4) is 0 Å². The van der Waals surface area contributed by atoms with E-state index < -0.39 is 0 Å². The first-order valence-electron chi connectivity index (χ1n) is 4.44. The van der Waals surface area contributed by atoms with Crippen LogP contribution in [0.25, 0.3) is 16.3 Å². The number of fused-ring (bicyclic) bond motifs is 1. The third kappa shape index (κ3) is 1.44. The van der Waals surface area contributed by atoms with E-state index in [1.807, 2.05) is 42.5 Å². The maximum absolute atomic E-state index is 10.5. The molecule has 1 heteroatoms. The standard InChI is InChI=1S/C13H10O/c1-10(9-14)12-7-6-11-4-2-3-5-13(11)8-12/h2-9H,1H2. The van der Waals surface area contributed by atoms with E-state index in [0.29, 0.717) is 5.57 Å². The van der Waals surface area contributed by atoms with Crippen molar-refractivity contribution >= 4 is 22.6 Å². The van der Waals surface area contributed by atoms with Gasteiger partial charge in [0.25, 0.3) is 0 Å². The van der Waals surface area contributed by atoms with Gasteiger partial charge in [-0.15, -0.1) is 0 Å². The zero-order valence-electron chi connectivity index (χ0n) is 7.73. The maximum atomic E-state index is 10.5. The quantitative estimate of drug-likeness (QED) is 0.515. The SMILES string of the molecule is C=C(C=O)c1ccc2ccccc2c1. The topological polar surface area (TPSA) is 17.1 Å². The van der Waals surface area contributed by atoms with Crippen LogP contribution in [0.5, 0.6) is 0 Å². The normalized spacial score (nSPS) is 10.0. The summed E-state index contributed by atoms with van der Waals surface area (Å²) < 4.78 is 0. The molecule has 0 bridgehead atoms. The van der Waals surface area contributed by atoms with Crippen LogP contribution < -0.4 is 0 Å². The molecule has 0 N–H and O–H groups in total. The van der Waals surface area contributed by atoms with Crippen LogP contribution in [-0.4, -0.2) is 6.29 Å². The fraction of sp³-hybridized carbons (Fsp3) is 0. The molecule has 1 nitrogen and oxygen atoms in total. The van der Waals surface area contributed by atoms with Crippen molar-refractivity contribution in [1.82, 2.24) is 0 Å². The molecule has 0 saturated carbocycles. The van der Waals surface area contributed by atoms with Gasteiger partial charge in [0, 0.05) is 5.57 Å². The second kappa shape index (κ2) is 3.46. The van der Waals surface area contributed by atoms with Gasteiger partial charge in [-0.1, -0.05) is 43.0 Å². The summed E-state index contributed by atoms with van der Waals surface area (Å²) in [6, 6.07) is 13.9. The van der Waals surface area contributed by atoms with E-state index >= 15 is 0 Å². The summed E-state index contributed by atoms with van der Waals surface area (Å²) >= 11 is 0. The fourth-order valence-electron chi connectivity index (χ4n) is 1.46. The lowest BCUT2D eigenvalue weighted by Crippen LogP contribution is -1.83. The van der Waals surface area contributed by atoms with Gasteiger partial charge in [-0.3, -0.25) is 4.79 Å². The van der Waals surface area contributed by atoms with E-state index in [-0.39, 0.29) is 0 Å². The van der Waals surface area contributed by atoms with E-state index in [9.17, 15) is 4.79 Å². The minimum absolute atomic E-state index is 0.524. The molecule has 0 heterocycles. The van der Waals surface area contributed by atoms with Crippen molar-refractivity contribution in [2.45, 2.75) is 0 Å². The number of carbonyl (C=O) groups excluding carboxylic acids is 1. The van der Waals surface area contributed by atoms with E-state index in [2.05, 4.69) is 6.58 Å². The first kappa shape index (κ1) is 8.70. The van der Waals surface area contributed by atoms with Crippen molar-refractivity contribution in [3.8, 4) is 0 Å². The van der Waals surface area contributed by atoms with E-state index in [1.54, 1.807) is 0 Å². The van der Waals surface area contributed by atoms with E-state index in [1.165, 1.54) is 5.39 Å². The summed E-state index contributed by atoms with van der Waals surface area (Å²) in [5, 5.41) is 2.31. The molecule has 0 saturated heterocycles. The van der Waals surface area contributed by atoms with Crippen molar-refractivity contribution < 1.29 is 4.79 Å². The van der Waals surface area contributed by atoms with Crippen molar-refractivity contribution in [3.63, 3.8) is 0 Å². The average Bonchev–Trinajstić information content (AvgIpc) is 2.27. The highest BCUT2D eigenvalue weighted by Crippen LogP contribution is 2.18. The monoisotopic (exact) mass is 182 g/mol. The van der Waals surface area contributed by atoms with E-state index in [0.717, 1.165) is 17.2 Å². The second-order valence-corrected chi connectivity index (χ2v) is 3.21. The molecular formula is C13H10O. The number of hydrogen-bond donors (Lipinski definition) is 0. The van der Waals surface area contributed by atoms with Gasteiger partial charge in [0.15, 0.2) is 0 Å². The van der Waals surface area contributed by atoms with Crippen molar-refractivity contribution in [2.75, 3.05) is 0 Å². The van der Waals surface area contributed by atoms with Crippen molar-refractivity contribution in [2.24, 2.45) is 0 Å². The molecule has 0 aliphatic heterocycles. The zero-order chi connectivity index (χ0) is 9.97. The van der Waals surface area contributed by atoms with Gasteiger partial charge < -0.3 is 0 Å². The Bertz CT molecular complexity index is 497. The number of carbonyl (C=O) groups is 1.